The number of hydrogen-bond acceptors (Lipinski definition) is 3. The Labute approximate surface area is 131 Å². The molecular weight excluding hydrogens is 299 g/mol. The van der Waals surface area contributed by atoms with Gasteiger partial charge < -0.3 is 0 Å². The lowest BCUT2D eigenvalue weighted by molar-refractivity contribution is 0.104. The number of rotatable bonds is 4. The minimum absolute atomic E-state index is 0.0789. The number of aromatic nitrogens is 2. The van der Waals surface area contributed by atoms with E-state index in [2.05, 4.69) is 5.10 Å². The number of hydrogen-bond donors (Lipinski definition) is 0. The van der Waals surface area contributed by atoms with Crippen LogP contribution in [0, 0.1) is 5.82 Å². The van der Waals surface area contributed by atoms with Crippen molar-refractivity contribution in [2.45, 2.75) is 0 Å². The Morgan fingerprint density at radius 2 is 2.00 bits per heavy atom. The first-order valence-electron chi connectivity index (χ1n) is 6.69. The highest BCUT2D eigenvalue weighted by atomic mass is 32.1. The van der Waals surface area contributed by atoms with Gasteiger partial charge in [0, 0.05) is 23.0 Å². The normalized spacial score (nSPS) is 11.2. The van der Waals surface area contributed by atoms with Crippen molar-refractivity contribution in [2.75, 3.05) is 0 Å². The van der Waals surface area contributed by atoms with E-state index in [1.807, 2.05) is 12.1 Å². The number of benzene rings is 1. The predicted octanol–water partition coefficient (Wildman–Crippen LogP) is 4.18. The average Bonchev–Trinajstić information content (AvgIpc) is 3.15. The Hall–Kier alpha value is -2.53. The zero-order valence-corrected chi connectivity index (χ0v) is 12.7. The smallest absolute Gasteiger partial charge is 0.189 e. The van der Waals surface area contributed by atoms with Crippen molar-refractivity contribution in [1.82, 2.24) is 9.78 Å². The summed E-state index contributed by atoms with van der Waals surface area (Å²) in [6.07, 6.45) is 6.56. The molecule has 1 aromatic carbocycles. The third kappa shape index (κ3) is 3.20. The van der Waals surface area contributed by atoms with Crippen LogP contribution in [0.2, 0.25) is 0 Å². The van der Waals surface area contributed by atoms with Crippen molar-refractivity contribution in [3.63, 3.8) is 0 Å². The molecule has 0 unspecified atom stereocenters. The number of allylic oxidation sites excluding steroid dienone is 1. The lowest BCUT2D eigenvalue weighted by Crippen LogP contribution is -1.91. The van der Waals surface area contributed by atoms with Gasteiger partial charge in [-0.05, 0) is 42.0 Å². The third-order valence-corrected chi connectivity index (χ3v) is 4.24. The fraction of sp³-hybridized carbons (Fsp3) is 0.0588. The van der Waals surface area contributed by atoms with Crippen molar-refractivity contribution < 1.29 is 9.18 Å². The van der Waals surface area contributed by atoms with Gasteiger partial charge in [0.15, 0.2) is 5.78 Å². The number of aryl methyl sites for hydroxylation is 1. The molecule has 0 aliphatic heterocycles. The van der Waals surface area contributed by atoms with Gasteiger partial charge in [-0.1, -0.05) is 12.1 Å². The summed E-state index contributed by atoms with van der Waals surface area (Å²) >= 11 is 1.55. The Balaban J connectivity index is 1.75. The number of nitrogens with zero attached hydrogens (tertiary/aromatic N) is 2. The monoisotopic (exact) mass is 312 g/mol. The molecule has 0 atom stereocenters. The SMILES string of the molecule is Cn1cc(C(=O)C=Cc2ccc(-c3ccc(F)cc3)s2)cn1. The van der Waals surface area contributed by atoms with Crippen molar-refractivity contribution in [3.8, 4) is 10.4 Å². The molecule has 3 nitrogen and oxygen atoms in total. The van der Waals surface area contributed by atoms with Crippen molar-refractivity contribution in [2.24, 2.45) is 7.05 Å². The zero-order valence-electron chi connectivity index (χ0n) is 11.9. The summed E-state index contributed by atoms with van der Waals surface area (Å²) in [6, 6.07) is 10.3. The van der Waals surface area contributed by atoms with Crippen LogP contribution < -0.4 is 0 Å². The minimum Gasteiger partial charge on any atom is -0.289 e. The van der Waals surface area contributed by atoms with E-state index in [-0.39, 0.29) is 11.6 Å². The standard InChI is InChI=1S/C17H13FN2OS/c1-20-11-13(10-19-20)16(21)8-6-15-7-9-17(22-15)12-2-4-14(18)5-3-12/h2-11H,1H3. The topological polar surface area (TPSA) is 34.9 Å². The minimum atomic E-state index is -0.248. The fourth-order valence-electron chi connectivity index (χ4n) is 2.01. The van der Waals surface area contributed by atoms with Crippen molar-refractivity contribution in [3.05, 3.63) is 71.1 Å². The first-order valence-corrected chi connectivity index (χ1v) is 7.50. The van der Waals surface area contributed by atoms with E-state index in [9.17, 15) is 9.18 Å². The van der Waals surface area contributed by atoms with Crippen LogP contribution in [0.4, 0.5) is 4.39 Å². The van der Waals surface area contributed by atoms with Gasteiger partial charge in [-0.15, -0.1) is 11.3 Å². The number of thiophene rings is 1. The molecule has 0 amide bonds. The van der Waals surface area contributed by atoms with Crippen LogP contribution in [0.1, 0.15) is 15.2 Å². The van der Waals surface area contributed by atoms with Gasteiger partial charge in [0.05, 0.1) is 11.8 Å². The second-order valence-corrected chi connectivity index (χ2v) is 5.92. The van der Waals surface area contributed by atoms with Gasteiger partial charge in [0.25, 0.3) is 0 Å². The van der Waals surface area contributed by atoms with Crippen LogP contribution >= 0.6 is 11.3 Å². The molecule has 0 saturated carbocycles. The molecule has 0 saturated heterocycles. The highest BCUT2D eigenvalue weighted by Crippen LogP contribution is 2.29. The van der Waals surface area contributed by atoms with E-state index < -0.39 is 0 Å². The van der Waals surface area contributed by atoms with Crippen LogP contribution in [0.3, 0.4) is 0 Å². The summed E-state index contributed by atoms with van der Waals surface area (Å²) in [6.45, 7) is 0. The van der Waals surface area contributed by atoms with Crippen LogP contribution in [0.25, 0.3) is 16.5 Å². The molecule has 22 heavy (non-hydrogen) atoms. The highest BCUT2D eigenvalue weighted by Gasteiger charge is 2.05. The molecule has 0 fully saturated rings. The van der Waals surface area contributed by atoms with E-state index in [4.69, 9.17) is 0 Å². The summed E-state index contributed by atoms with van der Waals surface area (Å²) < 4.78 is 14.5. The second kappa shape index (κ2) is 6.07. The van der Waals surface area contributed by atoms with Crippen LogP contribution in [0.15, 0.2) is 54.9 Å². The van der Waals surface area contributed by atoms with Crippen LogP contribution in [-0.4, -0.2) is 15.6 Å². The maximum absolute atomic E-state index is 12.9. The highest BCUT2D eigenvalue weighted by molar-refractivity contribution is 7.16. The molecule has 0 radical (unpaired) electrons. The molecule has 0 spiro atoms. The number of carbonyl (C=O) groups is 1. The van der Waals surface area contributed by atoms with E-state index >= 15 is 0 Å². The molecule has 0 aliphatic rings. The van der Waals surface area contributed by atoms with Gasteiger partial charge in [0.2, 0.25) is 0 Å². The second-order valence-electron chi connectivity index (χ2n) is 4.81. The third-order valence-electron chi connectivity index (χ3n) is 3.14. The first kappa shape index (κ1) is 14.4. The summed E-state index contributed by atoms with van der Waals surface area (Å²) in [7, 11) is 1.77. The first-order chi connectivity index (χ1) is 10.6. The van der Waals surface area contributed by atoms with E-state index in [0.717, 1.165) is 15.3 Å². The molecule has 5 heteroatoms. The average molecular weight is 312 g/mol. The molecular formula is C17H13FN2OS. The van der Waals surface area contributed by atoms with Crippen LogP contribution in [-0.2, 0) is 7.05 Å². The Morgan fingerprint density at radius 3 is 2.68 bits per heavy atom. The molecule has 0 aliphatic carbocycles. The maximum atomic E-state index is 12.9. The molecule has 0 N–H and O–H groups in total. The molecule has 3 rings (SSSR count). The quantitative estimate of drug-likeness (QED) is 0.535. The molecule has 3 aromatic rings. The Bertz CT molecular complexity index is 830. The van der Waals surface area contributed by atoms with E-state index in [1.165, 1.54) is 18.2 Å². The molecule has 2 aromatic heterocycles. The molecule has 0 bridgehead atoms. The van der Waals surface area contributed by atoms with Gasteiger partial charge in [0.1, 0.15) is 5.82 Å². The summed E-state index contributed by atoms with van der Waals surface area (Å²) in [5, 5.41) is 3.98. The van der Waals surface area contributed by atoms with Crippen molar-refractivity contribution >= 4 is 23.2 Å². The van der Waals surface area contributed by atoms with Gasteiger partial charge in [-0.25, -0.2) is 4.39 Å². The van der Waals surface area contributed by atoms with E-state index in [0.29, 0.717) is 5.56 Å². The van der Waals surface area contributed by atoms with Gasteiger partial charge >= 0.3 is 0 Å². The Kier molecular flexibility index (Phi) is 3.98. The fourth-order valence-corrected chi connectivity index (χ4v) is 2.93. The lowest BCUT2D eigenvalue weighted by Gasteiger charge is -1.95. The Morgan fingerprint density at radius 1 is 1.23 bits per heavy atom. The predicted molar refractivity (Wildman–Crippen MR) is 86.3 cm³/mol. The van der Waals surface area contributed by atoms with Crippen LogP contribution in [0.5, 0.6) is 0 Å². The van der Waals surface area contributed by atoms with Gasteiger partial charge in [-0.2, -0.15) is 5.10 Å². The number of halogens is 1. The number of carbonyl (C=O) groups excluding carboxylic acids is 1. The zero-order chi connectivity index (χ0) is 15.5. The van der Waals surface area contributed by atoms with E-state index in [1.54, 1.807) is 53.7 Å². The summed E-state index contributed by atoms with van der Waals surface area (Å²) in [5.74, 6) is -0.327. The summed E-state index contributed by atoms with van der Waals surface area (Å²) in [4.78, 5) is 14.0. The summed E-state index contributed by atoms with van der Waals surface area (Å²) in [5.41, 5.74) is 1.53. The number of ketones is 1. The van der Waals surface area contributed by atoms with Gasteiger partial charge in [-0.3, -0.25) is 9.48 Å². The largest absolute Gasteiger partial charge is 0.289 e. The molecule has 110 valence electrons. The maximum Gasteiger partial charge on any atom is 0.189 e. The molecule has 2 heterocycles. The van der Waals surface area contributed by atoms with Crippen molar-refractivity contribution in [1.29, 1.82) is 0 Å². The lowest BCUT2D eigenvalue weighted by atomic mass is 10.2.